The van der Waals surface area contributed by atoms with Crippen molar-refractivity contribution in [1.82, 2.24) is 5.32 Å². The number of hydrogen-bond donors (Lipinski definition) is 2. The monoisotopic (exact) mass is 201 g/mol. The molecule has 0 saturated heterocycles. The van der Waals surface area contributed by atoms with Crippen molar-refractivity contribution in [2.24, 2.45) is 5.92 Å². The van der Waals surface area contributed by atoms with Crippen LogP contribution in [0.15, 0.2) is 12.8 Å². The van der Waals surface area contributed by atoms with Crippen LogP contribution in [0.25, 0.3) is 0 Å². The smallest absolute Gasteiger partial charge is 0.132 e. The van der Waals surface area contributed by atoms with Gasteiger partial charge in [-0.2, -0.15) is 0 Å². The van der Waals surface area contributed by atoms with Crippen molar-refractivity contribution < 1.29 is 9.90 Å². The summed E-state index contributed by atoms with van der Waals surface area (Å²) in [6, 6.07) is 0. The van der Waals surface area contributed by atoms with E-state index in [4.69, 9.17) is 5.11 Å². The van der Waals surface area contributed by atoms with Gasteiger partial charge in [0, 0.05) is 12.5 Å². The second kappa shape index (κ2) is 7.56. The van der Waals surface area contributed by atoms with E-state index in [1.54, 1.807) is 27.0 Å². The molecule has 0 aliphatic heterocycles. The average Bonchev–Trinajstić information content (AvgIpc) is 2.00. The highest BCUT2D eigenvalue weighted by Gasteiger charge is 2.09. The summed E-state index contributed by atoms with van der Waals surface area (Å²) in [5.74, 6) is 0.472. The molecule has 0 radical (unpaired) electrons. The second-order valence-electron chi connectivity index (χ2n) is 4.16. The van der Waals surface area contributed by atoms with Crippen LogP contribution in [0.2, 0.25) is 0 Å². The first-order chi connectivity index (χ1) is 6.20. The Morgan fingerprint density at radius 1 is 1.57 bits per heavy atom. The maximum absolute atomic E-state index is 10.1. The average molecular weight is 201 g/mol. The third-order valence-corrected chi connectivity index (χ3v) is 1.49. The highest BCUT2D eigenvalue weighted by Crippen LogP contribution is 1.96. The van der Waals surface area contributed by atoms with Gasteiger partial charge in [-0.25, -0.2) is 0 Å². The molecule has 0 aromatic carbocycles. The molecule has 0 aromatic heterocycles. The molecular formula is C11H23NO2. The van der Waals surface area contributed by atoms with Crippen LogP contribution in [0.4, 0.5) is 0 Å². The molecule has 0 unspecified atom stereocenters. The zero-order chi connectivity index (χ0) is 11.8. The quantitative estimate of drug-likeness (QED) is 0.728. The van der Waals surface area contributed by atoms with Gasteiger partial charge >= 0.3 is 0 Å². The number of rotatable bonds is 4. The Labute approximate surface area is 87.2 Å². The van der Waals surface area contributed by atoms with Gasteiger partial charge < -0.3 is 10.4 Å². The predicted molar refractivity (Wildman–Crippen MR) is 60.0 cm³/mol. The molecule has 0 rings (SSSR count). The van der Waals surface area contributed by atoms with E-state index in [2.05, 4.69) is 11.9 Å². The number of Topliss-reactive ketones (excluding diaryl/α,β-unsaturated/α-hetero) is 1. The molecule has 0 atom stereocenters. The lowest BCUT2D eigenvalue weighted by Gasteiger charge is -2.15. The molecule has 0 spiro atoms. The fourth-order valence-corrected chi connectivity index (χ4v) is 0.322. The Bertz CT molecular complexity index is 169. The number of nitrogens with one attached hydrogen (secondary N) is 1. The highest BCUT2D eigenvalue weighted by atomic mass is 16.3. The minimum atomic E-state index is -0.631. The van der Waals surface area contributed by atoms with Gasteiger partial charge in [0.05, 0.1) is 5.60 Å². The number of hydrogen-bond acceptors (Lipinski definition) is 3. The van der Waals surface area contributed by atoms with Gasteiger partial charge in [-0.3, -0.25) is 4.79 Å². The summed E-state index contributed by atoms with van der Waals surface area (Å²) in [6.45, 7) is 12.9. The van der Waals surface area contributed by atoms with E-state index >= 15 is 0 Å². The van der Waals surface area contributed by atoms with Crippen LogP contribution in [0.1, 0.15) is 34.6 Å². The summed E-state index contributed by atoms with van der Waals surface area (Å²) in [5, 5.41) is 11.8. The van der Waals surface area contributed by atoms with Crippen LogP contribution < -0.4 is 5.32 Å². The van der Waals surface area contributed by atoms with E-state index < -0.39 is 5.60 Å². The largest absolute Gasteiger partial charge is 0.389 e. The van der Waals surface area contributed by atoms with Crippen LogP contribution in [0.3, 0.4) is 0 Å². The summed E-state index contributed by atoms with van der Waals surface area (Å²) in [7, 11) is 0. The van der Waals surface area contributed by atoms with Crippen molar-refractivity contribution in [2.45, 2.75) is 40.2 Å². The van der Waals surface area contributed by atoms with E-state index in [1.807, 2.05) is 13.8 Å². The van der Waals surface area contributed by atoms with Crippen molar-refractivity contribution in [3.63, 3.8) is 0 Å². The van der Waals surface area contributed by atoms with Crippen molar-refractivity contribution in [2.75, 3.05) is 6.54 Å². The number of carbonyl (C=O) groups excluding carboxylic acids is 1. The Hall–Kier alpha value is -0.830. The molecule has 3 nitrogen and oxygen atoms in total. The third-order valence-electron chi connectivity index (χ3n) is 1.49. The van der Waals surface area contributed by atoms with Crippen LogP contribution in [-0.4, -0.2) is 23.0 Å². The zero-order valence-corrected chi connectivity index (χ0v) is 9.92. The van der Waals surface area contributed by atoms with Crippen molar-refractivity contribution >= 4 is 5.78 Å². The number of carbonyl (C=O) groups is 1. The van der Waals surface area contributed by atoms with Gasteiger partial charge in [-0.1, -0.05) is 20.4 Å². The molecule has 0 amide bonds. The molecule has 2 N–H and O–H groups in total. The third kappa shape index (κ3) is 17.3. The summed E-state index contributed by atoms with van der Waals surface area (Å²) < 4.78 is 0. The Balaban J connectivity index is 0. The molecular weight excluding hydrogens is 178 g/mol. The molecule has 0 aliphatic carbocycles. The first-order valence-corrected chi connectivity index (χ1v) is 4.78. The molecule has 84 valence electrons. The molecule has 14 heavy (non-hydrogen) atoms. The molecule has 0 bridgehead atoms. The summed E-state index contributed by atoms with van der Waals surface area (Å²) in [6.07, 6.45) is 1.57. The van der Waals surface area contributed by atoms with Gasteiger partial charge in [0.15, 0.2) is 0 Å². The standard InChI is InChI=1S/C6H13NO.C5H10O/c1-4-7-5-6(2,3)8;1-4(2)5(3)6/h4,7-8H,1,5H2,2-3H3;4H,1-3H3. The number of aliphatic hydroxyl groups is 1. The Kier molecular flexibility index (Phi) is 8.44. The first-order valence-electron chi connectivity index (χ1n) is 4.78. The summed E-state index contributed by atoms with van der Waals surface area (Å²) in [4.78, 5) is 10.1. The van der Waals surface area contributed by atoms with E-state index in [-0.39, 0.29) is 11.7 Å². The Morgan fingerprint density at radius 2 is 1.93 bits per heavy atom. The normalized spacial score (nSPS) is 10.2. The van der Waals surface area contributed by atoms with Crippen LogP contribution in [0.5, 0.6) is 0 Å². The fraction of sp³-hybridized carbons (Fsp3) is 0.727. The lowest BCUT2D eigenvalue weighted by atomic mass is 10.1. The summed E-state index contributed by atoms with van der Waals surface area (Å²) in [5.41, 5.74) is -0.631. The van der Waals surface area contributed by atoms with Crippen LogP contribution >= 0.6 is 0 Å². The maximum Gasteiger partial charge on any atom is 0.132 e. The van der Waals surface area contributed by atoms with Crippen molar-refractivity contribution in [3.05, 3.63) is 12.8 Å². The lowest BCUT2D eigenvalue weighted by Crippen LogP contribution is -2.31. The minimum absolute atomic E-state index is 0.213. The van der Waals surface area contributed by atoms with E-state index in [1.165, 1.54) is 0 Å². The Morgan fingerprint density at radius 3 is 2.00 bits per heavy atom. The van der Waals surface area contributed by atoms with Crippen LogP contribution in [-0.2, 0) is 4.79 Å². The highest BCUT2D eigenvalue weighted by molar-refractivity contribution is 5.77. The van der Waals surface area contributed by atoms with E-state index in [0.717, 1.165) is 0 Å². The lowest BCUT2D eigenvalue weighted by molar-refractivity contribution is -0.119. The summed E-state index contributed by atoms with van der Waals surface area (Å²) >= 11 is 0. The first kappa shape index (κ1) is 15.6. The van der Waals surface area contributed by atoms with Crippen molar-refractivity contribution in [3.8, 4) is 0 Å². The molecule has 0 aromatic rings. The van der Waals surface area contributed by atoms with E-state index in [0.29, 0.717) is 6.54 Å². The predicted octanol–water partition coefficient (Wildman–Crippen LogP) is 1.72. The minimum Gasteiger partial charge on any atom is -0.389 e. The van der Waals surface area contributed by atoms with Gasteiger partial charge in [0.2, 0.25) is 0 Å². The van der Waals surface area contributed by atoms with Gasteiger partial charge in [0.1, 0.15) is 5.78 Å². The van der Waals surface area contributed by atoms with Crippen molar-refractivity contribution in [1.29, 1.82) is 0 Å². The zero-order valence-electron chi connectivity index (χ0n) is 9.92. The fourth-order valence-electron chi connectivity index (χ4n) is 0.322. The topological polar surface area (TPSA) is 49.3 Å². The molecule has 0 heterocycles. The van der Waals surface area contributed by atoms with Gasteiger partial charge in [-0.15, -0.1) is 0 Å². The molecule has 3 heteroatoms. The molecule has 0 saturated carbocycles. The van der Waals surface area contributed by atoms with Gasteiger partial charge in [-0.05, 0) is 27.0 Å². The molecule has 0 aliphatic rings. The maximum atomic E-state index is 10.1. The SMILES string of the molecule is C=CNCC(C)(C)O.CC(=O)C(C)C. The number of ketones is 1. The van der Waals surface area contributed by atoms with E-state index in [9.17, 15) is 4.79 Å². The van der Waals surface area contributed by atoms with Crippen LogP contribution in [0, 0.1) is 5.92 Å². The second-order valence-corrected chi connectivity index (χ2v) is 4.16. The molecule has 0 fully saturated rings. The van der Waals surface area contributed by atoms with Gasteiger partial charge in [0.25, 0.3) is 0 Å².